The van der Waals surface area contributed by atoms with Crippen molar-refractivity contribution in [3.63, 3.8) is 0 Å². The van der Waals surface area contributed by atoms with Gasteiger partial charge in [-0.2, -0.15) is 0 Å². The highest BCUT2D eigenvalue weighted by atomic mass is 16.2. The summed E-state index contributed by atoms with van der Waals surface area (Å²) in [6.07, 6.45) is 2.35. The number of hydrogen-bond donors (Lipinski definition) is 1. The molecule has 5 nitrogen and oxygen atoms in total. The first kappa shape index (κ1) is 18.5. The Bertz CT molecular complexity index is 578. The molecule has 1 saturated heterocycles. The summed E-state index contributed by atoms with van der Waals surface area (Å²) < 4.78 is 0. The lowest BCUT2D eigenvalue weighted by Crippen LogP contribution is -2.45. The fourth-order valence-electron chi connectivity index (χ4n) is 3.42. The molecule has 0 radical (unpaired) electrons. The van der Waals surface area contributed by atoms with Crippen LogP contribution in [0.3, 0.4) is 0 Å². The maximum absolute atomic E-state index is 13.1. The Morgan fingerprint density at radius 2 is 1.88 bits per heavy atom. The summed E-state index contributed by atoms with van der Waals surface area (Å²) in [6, 6.07) is 7.83. The Morgan fingerprint density at radius 3 is 2.42 bits per heavy atom. The van der Waals surface area contributed by atoms with Crippen LogP contribution in [0.2, 0.25) is 0 Å². The molecule has 0 bridgehead atoms. The molecule has 2 rings (SSSR count). The van der Waals surface area contributed by atoms with E-state index >= 15 is 0 Å². The number of amides is 2. The number of likely N-dealkylation sites (tertiary alicyclic amines) is 1. The number of carbonyl (C=O) groups is 2. The summed E-state index contributed by atoms with van der Waals surface area (Å²) in [5.74, 6) is 0.629. The molecule has 0 spiro atoms. The fraction of sp³-hybridized carbons (Fsp3) is 0.579. The monoisotopic (exact) mass is 331 g/mol. The first-order chi connectivity index (χ1) is 11.4. The van der Waals surface area contributed by atoms with Gasteiger partial charge in [-0.25, -0.2) is 0 Å². The van der Waals surface area contributed by atoms with Crippen LogP contribution in [-0.2, 0) is 9.59 Å². The normalized spacial score (nSPS) is 17.0. The van der Waals surface area contributed by atoms with Crippen molar-refractivity contribution in [2.75, 3.05) is 34.2 Å². The van der Waals surface area contributed by atoms with Crippen LogP contribution in [-0.4, -0.2) is 55.8 Å². The number of rotatable bonds is 5. The number of likely N-dealkylation sites (N-methyl/N-ethyl adjacent to an activating group) is 1. The molecule has 0 saturated carbocycles. The van der Waals surface area contributed by atoms with Gasteiger partial charge in [-0.05, 0) is 50.9 Å². The van der Waals surface area contributed by atoms with Gasteiger partial charge in [-0.15, -0.1) is 0 Å². The number of nitrogens with zero attached hydrogens (tertiary/aromatic N) is 2. The van der Waals surface area contributed by atoms with E-state index in [2.05, 4.69) is 18.3 Å². The van der Waals surface area contributed by atoms with Crippen molar-refractivity contribution in [2.24, 2.45) is 5.92 Å². The van der Waals surface area contributed by atoms with Gasteiger partial charge in [0.05, 0.1) is 0 Å². The van der Waals surface area contributed by atoms with Gasteiger partial charge in [0.25, 0.3) is 0 Å². The molecule has 1 heterocycles. The molecule has 1 aromatic rings. The van der Waals surface area contributed by atoms with Gasteiger partial charge >= 0.3 is 0 Å². The zero-order chi connectivity index (χ0) is 17.7. The molecule has 1 aromatic carbocycles. The Morgan fingerprint density at radius 1 is 1.25 bits per heavy atom. The third-order valence-electron chi connectivity index (χ3n) is 4.91. The highest BCUT2D eigenvalue weighted by molar-refractivity contribution is 5.84. The fourth-order valence-corrected chi connectivity index (χ4v) is 3.42. The van der Waals surface area contributed by atoms with Crippen LogP contribution in [0.25, 0.3) is 0 Å². The molecule has 24 heavy (non-hydrogen) atoms. The average Bonchev–Trinajstić information content (AvgIpc) is 2.57. The molecule has 1 aliphatic heterocycles. The molecule has 2 amide bonds. The number of benzene rings is 1. The van der Waals surface area contributed by atoms with Gasteiger partial charge in [0.1, 0.15) is 6.04 Å². The van der Waals surface area contributed by atoms with E-state index in [4.69, 9.17) is 0 Å². The summed E-state index contributed by atoms with van der Waals surface area (Å²) in [5.41, 5.74) is 2.21. The van der Waals surface area contributed by atoms with Gasteiger partial charge in [-0.1, -0.05) is 24.3 Å². The van der Waals surface area contributed by atoms with Crippen LogP contribution in [0.1, 0.15) is 36.4 Å². The van der Waals surface area contributed by atoms with E-state index in [-0.39, 0.29) is 17.9 Å². The van der Waals surface area contributed by atoms with Gasteiger partial charge < -0.3 is 10.2 Å². The first-order valence-electron chi connectivity index (χ1n) is 8.65. The molecular formula is C19H29N3O2. The second-order valence-electron chi connectivity index (χ2n) is 6.87. The maximum atomic E-state index is 13.1. The van der Waals surface area contributed by atoms with E-state index in [0.717, 1.165) is 37.1 Å². The molecule has 1 N–H and O–H groups in total. The number of aryl methyl sites for hydroxylation is 1. The number of hydrogen-bond acceptors (Lipinski definition) is 3. The smallest absolute Gasteiger partial charge is 0.244 e. The van der Waals surface area contributed by atoms with E-state index < -0.39 is 0 Å². The molecule has 1 fully saturated rings. The lowest BCUT2D eigenvalue weighted by atomic mass is 9.92. The van der Waals surface area contributed by atoms with E-state index in [1.54, 1.807) is 7.05 Å². The largest absolute Gasteiger partial charge is 0.359 e. The Balaban J connectivity index is 2.05. The minimum atomic E-state index is -0.248. The third kappa shape index (κ3) is 4.35. The van der Waals surface area contributed by atoms with Gasteiger partial charge in [-0.3, -0.25) is 14.5 Å². The van der Waals surface area contributed by atoms with Crippen molar-refractivity contribution < 1.29 is 9.59 Å². The zero-order valence-corrected chi connectivity index (χ0v) is 15.2. The van der Waals surface area contributed by atoms with Crippen molar-refractivity contribution in [1.29, 1.82) is 0 Å². The average molecular weight is 331 g/mol. The molecular weight excluding hydrogens is 302 g/mol. The molecule has 1 aliphatic rings. The number of piperidine rings is 1. The van der Waals surface area contributed by atoms with E-state index in [1.807, 2.05) is 42.1 Å². The second kappa shape index (κ2) is 8.29. The minimum absolute atomic E-state index is 0.0888. The lowest BCUT2D eigenvalue weighted by Gasteiger charge is -2.36. The second-order valence-corrected chi connectivity index (χ2v) is 6.87. The van der Waals surface area contributed by atoms with Crippen molar-refractivity contribution in [2.45, 2.75) is 32.2 Å². The van der Waals surface area contributed by atoms with Crippen LogP contribution in [0.4, 0.5) is 0 Å². The summed E-state index contributed by atoms with van der Waals surface area (Å²) >= 11 is 0. The summed E-state index contributed by atoms with van der Waals surface area (Å²) in [7, 11) is 5.57. The van der Waals surface area contributed by atoms with Crippen molar-refractivity contribution >= 4 is 11.8 Å². The third-order valence-corrected chi connectivity index (χ3v) is 4.91. The van der Waals surface area contributed by atoms with Crippen LogP contribution in [0.5, 0.6) is 0 Å². The number of nitrogens with one attached hydrogen (secondary N) is 1. The van der Waals surface area contributed by atoms with E-state index in [9.17, 15) is 9.59 Å². The molecule has 0 aromatic heterocycles. The molecule has 5 heteroatoms. The molecule has 0 aliphatic carbocycles. The van der Waals surface area contributed by atoms with Crippen LogP contribution < -0.4 is 5.32 Å². The van der Waals surface area contributed by atoms with Crippen LogP contribution >= 0.6 is 0 Å². The summed E-state index contributed by atoms with van der Waals surface area (Å²) in [5, 5.41) is 2.68. The lowest BCUT2D eigenvalue weighted by molar-refractivity contribution is -0.137. The van der Waals surface area contributed by atoms with Crippen LogP contribution in [0, 0.1) is 12.8 Å². The maximum Gasteiger partial charge on any atom is 0.244 e. The predicted octanol–water partition coefficient (Wildman–Crippen LogP) is 1.97. The Labute approximate surface area is 145 Å². The Hall–Kier alpha value is -1.88. The van der Waals surface area contributed by atoms with Crippen LogP contribution in [0.15, 0.2) is 24.3 Å². The SMILES string of the molecule is CNC(=O)CC1CCN(C(=O)C(c2ccccc2C)N(C)C)CC1. The topological polar surface area (TPSA) is 52.7 Å². The highest BCUT2D eigenvalue weighted by Gasteiger charge is 2.31. The molecule has 1 atom stereocenters. The van der Waals surface area contributed by atoms with E-state index in [0.29, 0.717) is 12.3 Å². The Kier molecular flexibility index (Phi) is 6.37. The van der Waals surface area contributed by atoms with Crippen molar-refractivity contribution in [3.8, 4) is 0 Å². The van der Waals surface area contributed by atoms with Crippen molar-refractivity contribution in [1.82, 2.24) is 15.1 Å². The highest BCUT2D eigenvalue weighted by Crippen LogP contribution is 2.27. The van der Waals surface area contributed by atoms with Gasteiger partial charge in [0.2, 0.25) is 11.8 Å². The standard InChI is InChI=1S/C19H29N3O2/c1-14-7-5-6-8-16(14)18(21(3)4)19(24)22-11-9-15(10-12-22)13-17(23)20-2/h5-8,15,18H,9-13H2,1-4H3,(H,20,23). The predicted molar refractivity (Wildman–Crippen MR) is 95.6 cm³/mol. The van der Waals surface area contributed by atoms with Gasteiger partial charge in [0.15, 0.2) is 0 Å². The summed E-state index contributed by atoms with van der Waals surface area (Å²) in [4.78, 5) is 28.5. The quantitative estimate of drug-likeness (QED) is 0.897. The zero-order valence-electron chi connectivity index (χ0n) is 15.2. The molecule has 132 valence electrons. The van der Waals surface area contributed by atoms with E-state index in [1.165, 1.54) is 0 Å². The summed E-state index contributed by atoms with van der Waals surface area (Å²) in [6.45, 7) is 3.52. The van der Waals surface area contributed by atoms with Gasteiger partial charge in [0, 0.05) is 26.6 Å². The minimum Gasteiger partial charge on any atom is -0.359 e. The molecule has 1 unspecified atom stereocenters. The first-order valence-corrected chi connectivity index (χ1v) is 8.65. The van der Waals surface area contributed by atoms with Crippen molar-refractivity contribution in [3.05, 3.63) is 35.4 Å². The number of carbonyl (C=O) groups excluding carboxylic acids is 2.